The molecular formula is C13H10FNOS. The van der Waals surface area contributed by atoms with Crippen LogP contribution in [0.25, 0.3) is 0 Å². The van der Waals surface area contributed by atoms with Crippen LogP contribution in [0.1, 0.15) is 17.3 Å². The topological polar surface area (TPSA) is 30.0 Å². The molecule has 0 N–H and O–H groups in total. The van der Waals surface area contributed by atoms with Gasteiger partial charge in [0.25, 0.3) is 0 Å². The molecule has 1 heterocycles. The lowest BCUT2D eigenvalue weighted by atomic mass is 10.2. The molecule has 1 aromatic carbocycles. The van der Waals surface area contributed by atoms with E-state index in [-0.39, 0.29) is 11.6 Å². The van der Waals surface area contributed by atoms with Gasteiger partial charge in [-0.3, -0.25) is 4.79 Å². The van der Waals surface area contributed by atoms with Crippen molar-refractivity contribution in [3.63, 3.8) is 0 Å². The third-order valence-electron chi connectivity index (χ3n) is 2.16. The van der Waals surface area contributed by atoms with E-state index in [0.717, 1.165) is 4.90 Å². The number of pyridine rings is 1. The Morgan fingerprint density at radius 2 is 2.12 bits per heavy atom. The minimum Gasteiger partial charge on any atom is -0.295 e. The third-order valence-corrected chi connectivity index (χ3v) is 3.08. The zero-order valence-corrected chi connectivity index (χ0v) is 10.00. The fraction of sp³-hybridized carbons (Fsp3) is 0.0769. The molecule has 86 valence electrons. The average molecular weight is 247 g/mol. The largest absolute Gasteiger partial charge is 0.295 e. The molecule has 0 bridgehead atoms. The summed E-state index contributed by atoms with van der Waals surface area (Å²) in [6.07, 6.45) is 1.58. The summed E-state index contributed by atoms with van der Waals surface area (Å²) in [7, 11) is 0. The molecule has 0 saturated carbocycles. The first-order valence-electron chi connectivity index (χ1n) is 5.05. The van der Waals surface area contributed by atoms with Crippen molar-refractivity contribution in [2.75, 3.05) is 0 Å². The summed E-state index contributed by atoms with van der Waals surface area (Å²) in [6.45, 7) is 1.51. The third kappa shape index (κ3) is 3.14. The summed E-state index contributed by atoms with van der Waals surface area (Å²) in [4.78, 5) is 16.1. The molecule has 17 heavy (non-hydrogen) atoms. The lowest BCUT2D eigenvalue weighted by molar-refractivity contribution is 0.101. The summed E-state index contributed by atoms with van der Waals surface area (Å²) in [5.41, 5.74) is 0.610. The lowest BCUT2D eigenvalue weighted by Gasteiger charge is -2.02. The van der Waals surface area contributed by atoms with E-state index in [1.807, 2.05) is 0 Å². The van der Waals surface area contributed by atoms with Crippen LogP contribution in [0, 0.1) is 5.82 Å². The smallest absolute Gasteiger partial charge is 0.159 e. The summed E-state index contributed by atoms with van der Waals surface area (Å²) in [5.74, 6) is -0.286. The van der Waals surface area contributed by atoms with Gasteiger partial charge in [0, 0.05) is 16.7 Å². The van der Waals surface area contributed by atoms with E-state index in [0.29, 0.717) is 10.6 Å². The summed E-state index contributed by atoms with van der Waals surface area (Å²) in [5, 5.41) is 0.684. The van der Waals surface area contributed by atoms with Gasteiger partial charge < -0.3 is 0 Å². The zero-order valence-electron chi connectivity index (χ0n) is 9.18. The molecular weight excluding hydrogens is 237 g/mol. The van der Waals surface area contributed by atoms with Gasteiger partial charge in [0.2, 0.25) is 0 Å². The minimum atomic E-state index is -0.280. The first-order chi connectivity index (χ1) is 8.15. The van der Waals surface area contributed by atoms with Gasteiger partial charge in [-0.05, 0) is 37.3 Å². The molecule has 0 aliphatic rings. The molecule has 0 aliphatic carbocycles. The van der Waals surface area contributed by atoms with Crippen molar-refractivity contribution in [1.29, 1.82) is 0 Å². The Kier molecular flexibility index (Phi) is 3.54. The van der Waals surface area contributed by atoms with Crippen LogP contribution in [0.15, 0.2) is 52.5 Å². The monoisotopic (exact) mass is 247 g/mol. The van der Waals surface area contributed by atoms with E-state index in [9.17, 15) is 9.18 Å². The molecule has 1 aromatic heterocycles. The minimum absolute atomic E-state index is 0.00603. The summed E-state index contributed by atoms with van der Waals surface area (Å²) < 4.78 is 13.0. The molecule has 0 saturated heterocycles. The lowest BCUT2D eigenvalue weighted by Crippen LogP contribution is -1.92. The van der Waals surface area contributed by atoms with Gasteiger partial charge in [-0.2, -0.15) is 0 Å². The van der Waals surface area contributed by atoms with Gasteiger partial charge in [-0.1, -0.05) is 17.8 Å². The number of carbonyl (C=O) groups excluding carboxylic acids is 1. The Morgan fingerprint density at radius 3 is 2.82 bits per heavy atom. The predicted molar refractivity (Wildman–Crippen MR) is 64.8 cm³/mol. The van der Waals surface area contributed by atoms with Crippen LogP contribution in [-0.2, 0) is 0 Å². The Hall–Kier alpha value is -1.68. The standard InChI is InChI=1S/C13H10FNOS/c1-9(16)10-5-6-15-13(7-10)17-12-4-2-3-11(14)8-12/h2-8H,1H3. The molecule has 0 aliphatic heterocycles. The molecule has 2 rings (SSSR count). The molecule has 0 atom stereocenters. The van der Waals surface area contributed by atoms with Gasteiger partial charge in [-0.15, -0.1) is 0 Å². The van der Waals surface area contributed by atoms with Crippen molar-refractivity contribution in [2.45, 2.75) is 16.8 Å². The number of benzene rings is 1. The van der Waals surface area contributed by atoms with Gasteiger partial charge in [-0.25, -0.2) is 9.37 Å². The Bertz CT molecular complexity index is 557. The number of halogens is 1. The fourth-order valence-corrected chi connectivity index (χ4v) is 2.19. The highest BCUT2D eigenvalue weighted by Gasteiger charge is 2.04. The van der Waals surface area contributed by atoms with Crippen LogP contribution < -0.4 is 0 Å². The maximum Gasteiger partial charge on any atom is 0.159 e. The number of aromatic nitrogens is 1. The number of Topliss-reactive ketones (excluding diaryl/α,β-unsaturated/α-hetero) is 1. The Balaban J connectivity index is 2.24. The van der Waals surface area contributed by atoms with Crippen molar-refractivity contribution in [1.82, 2.24) is 4.98 Å². The van der Waals surface area contributed by atoms with E-state index in [1.54, 1.807) is 30.5 Å². The second-order valence-electron chi connectivity index (χ2n) is 3.50. The maximum absolute atomic E-state index is 13.0. The maximum atomic E-state index is 13.0. The van der Waals surface area contributed by atoms with E-state index < -0.39 is 0 Å². The SMILES string of the molecule is CC(=O)c1ccnc(Sc2cccc(F)c2)c1. The first kappa shape index (κ1) is 11.8. The number of hydrogen-bond donors (Lipinski definition) is 0. The summed E-state index contributed by atoms with van der Waals surface area (Å²) >= 11 is 1.33. The van der Waals surface area contributed by atoms with Gasteiger partial charge in [0.15, 0.2) is 5.78 Å². The Morgan fingerprint density at radius 1 is 1.29 bits per heavy atom. The number of carbonyl (C=O) groups is 1. The van der Waals surface area contributed by atoms with E-state index in [1.165, 1.54) is 30.8 Å². The van der Waals surface area contributed by atoms with Crippen molar-refractivity contribution in [2.24, 2.45) is 0 Å². The van der Waals surface area contributed by atoms with E-state index >= 15 is 0 Å². The van der Waals surface area contributed by atoms with Crippen molar-refractivity contribution >= 4 is 17.5 Å². The zero-order chi connectivity index (χ0) is 12.3. The van der Waals surface area contributed by atoms with Crippen LogP contribution in [-0.4, -0.2) is 10.8 Å². The molecule has 4 heteroatoms. The fourth-order valence-electron chi connectivity index (χ4n) is 1.34. The van der Waals surface area contributed by atoms with Crippen LogP contribution in [0.3, 0.4) is 0 Å². The van der Waals surface area contributed by atoms with Gasteiger partial charge in [0.05, 0.1) is 0 Å². The summed E-state index contributed by atoms with van der Waals surface area (Å²) in [6, 6.07) is 9.65. The Labute approximate surface area is 103 Å². The predicted octanol–water partition coefficient (Wildman–Crippen LogP) is 3.57. The highest BCUT2D eigenvalue weighted by Crippen LogP contribution is 2.26. The second kappa shape index (κ2) is 5.10. The molecule has 2 aromatic rings. The normalized spacial score (nSPS) is 10.2. The van der Waals surface area contributed by atoms with Crippen LogP contribution in [0.4, 0.5) is 4.39 Å². The second-order valence-corrected chi connectivity index (χ2v) is 4.59. The average Bonchev–Trinajstić information content (AvgIpc) is 2.29. The van der Waals surface area contributed by atoms with Crippen LogP contribution in [0.2, 0.25) is 0 Å². The quantitative estimate of drug-likeness (QED) is 0.776. The molecule has 2 nitrogen and oxygen atoms in total. The van der Waals surface area contributed by atoms with Crippen molar-refractivity contribution in [3.05, 3.63) is 54.0 Å². The van der Waals surface area contributed by atoms with E-state index in [4.69, 9.17) is 0 Å². The molecule has 0 amide bonds. The van der Waals surface area contributed by atoms with E-state index in [2.05, 4.69) is 4.98 Å². The number of hydrogen-bond acceptors (Lipinski definition) is 3. The molecule has 0 radical (unpaired) electrons. The molecule has 0 fully saturated rings. The highest BCUT2D eigenvalue weighted by atomic mass is 32.2. The number of ketones is 1. The van der Waals surface area contributed by atoms with Gasteiger partial charge >= 0.3 is 0 Å². The molecule has 0 unspecified atom stereocenters. The number of rotatable bonds is 3. The first-order valence-corrected chi connectivity index (χ1v) is 5.87. The molecule has 0 spiro atoms. The van der Waals surface area contributed by atoms with Crippen molar-refractivity contribution in [3.8, 4) is 0 Å². The highest BCUT2D eigenvalue weighted by molar-refractivity contribution is 7.99. The van der Waals surface area contributed by atoms with Crippen molar-refractivity contribution < 1.29 is 9.18 Å². The van der Waals surface area contributed by atoms with Crippen LogP contribution >= 0.6 is 11.8 Å². The number of nitrogens with zero attached hydrogens (tertiary/aromatic N) is 1. The van der Waals surface area contributed by atoms with Crippen LogP contribution in [0.5, 0.6) is 0 Å². The van der Waals surface area contributed by atoms with Gasteiger partial charge in [0.1, 0.15) is 10.8 Å².